The van der Waals surface area contributed by atoms with E-state index in [4.69, 9.17) is 5.73 Å². The molecule has 0 aromatic carbocycles. The molecule has 1 heterocycles. The van der Waals surface area contributed by atoms with Gasteiger partial charge in [-0.1, -0.05) is 20.8 Å². The zero-order valence-corrected chi connectivity index (χ0v) is 12.6. The highest BCUT2D eigenvalue weighted by Crippen LogP contribution is 2.45. The van der Waals surface area contributed by atoms with Crippen molar-refractivity contribution in [3.05, 3.63) is 0 Å². The molecule has 2 aliphatic rings. The lowest BCUT2D eigenvalue weighted by molar-refractivity contribution is -0.143. The van der Waals surface area contributed by atoms with Gasteiger partial charge in [0.25, 0.3) is 0 Å². The van der Waals surface area contributed by atoms with Gasteiger partial charge in [0.1, 0.15) is 0 Å². The van der Waals surface area contributed by atoms with Gasteiger partial charge < -0.3 is 10.6 Å². The summed E-state index contributed by atoms with van der Waals surface area (Å²) < 4.78 is 0. The lowest BCUT2D eigenvalue weighted by atomic mass is 9.60. The maximum Gasteiger partial charge on any atom is 0.226 e. The molecule has 3 nitrogen and oxygen atoms in total. The van der Waals surface area contributed by atoms with E-state index in [1.165, 1.54) is 0 Å². The van der Waals surface area contributed by atoms with Gasteiger partial charge in [0, 0.05) is 36.6 Å². The van der Waals surface area contributed by atoms with Crippen LogP contribution in [0.25, 0.3) is 0 Å². The monoisotopic (exact) mass is 270 g/mol. The Bertz CT molecular complexity index is 313. The van der Waals surface area contributed by atoms with E-state index >= 15 is 0 Å². The van der Waals surface area contributed by atoms with Gasteiger partial charge >= 0.3 is 0 Å². The molecule has 4 heteroatoms. The second-order valence-corrected chi connectivity index (χ2v) is 7.57. The first-order valence-corrected chi connectivity index (χ1v) is 8.22. The minimum absolute atomic E-state index is 0.0271. The molecule has 0 radical (unpaired) electrons. The van der Waals surface area contributed by atoms with Crippen LogP contribution in [0.4, 0.5) is 0 Å². The molecule has 3 unspecified atom stereocenters. The van der Waals surface area contributed by atoms with Crippen molar-refractivity contribution in [2.24, 2.45) is 23.0 Å². The van der Waals surface area contributed by atoms with Crippen LogP contribution in [0.2, 0.25) is 0 Å². The molecule has 3 atom stereocenters. The Morgan fingerprint density at radius 2 is 1.89 bits per heavy atom. The van der Waals surface area contributed by atoms with Gasteiger partial charge in [0.05, 0.1) is 0 Å². The lowest BCUT2D eigenvalue weighted by Crippen LogP contribution is -2.53. The fourth-order valence-corrected chi connectivity index (χ4v) is 4.20. The normalized spacial score (nSPS) is 36.4. The minimum atomic E-state index is 0.0271. The average Bonchev–Trinajstić information content (AvgIpc) is 2.36. The van der Waals surface area contributed by atoms with Crippen LogP contribution in [-0.2, 0) is 4.79 Å². The molecular weight excluding hydrogens is 244 g/mol. The van der Waals surface area contributed by atoms with E-state index in [-0.39, 0.29) is 17.4 Å². The fourth-order valence-electron chi connectivity index (χ4n) is 3.30. The number of hydrogen-bond donors (Lipinski definition) is 1. The van der Waals surface area contributed by atoms with Gasteiger partial charge in [-0.15, -0.1) is 0 Å². The maximum atomic E-state index is 12.7. The predicted octanol–water partition coefficient (Wildman–Crippen LogP) is 1.96. The third kappa shape index (κ3) is 2.55. The van der Waals surface area contributed by atoms with Gasteiger partial charge in [-0.3, -0.25) is 4.79 Å². The summed E-state index contributed by atoms with van der Waals surface area (Å²) in [6.45, 7) is 8.50. The van der Waals surface area contributed by atoms with E-state index < -0.39 is 0 Å². The Morgan fingerprint density at radius 1 is 1.28 bits per heavy atom. The first-order valence-electron chi connectivity index (χ1n) is 7.06. The summed E-state index contributed by atoms with van der Waals surface area (Å²) in [6.07, 6.45) is 1.95. The number of nitrogens with zero attached hydrogens (tertiary/aromatic N) is 1. The highest BCUT2D eigenvalue weighted by molar-refractivity contribution is 7.99. The first kappa shape index (κ1) is 14.2. The van der Waals surface area contributed by atoms with Crippen LogP contribution >= 0.6 is 11.8 Å². The van der Waals surface area contributed by atoms with Crippen LogP contribution in [0, 0.1) is 17.3 Å². The predicted molar refractivity (Wildman–Crippen MR) is 77.5 cm³/mol. The molecule has 2 fully saturated rings. The van der Waals surface area contributed by atoms with Crippen molar-refractivity contribution >= 4 is 17.7 Å². The molecule has 0 spiro atoms. The van der Waals surface area contributed by atoms with Crippen LogP contribution in [0.3, 0.4) is 0 Å². The number of carbonyl (C=O) groups excluding carboxylic acids is 1. The Morgan fingerprint density at radius 3 is 2.50 bits per heavy atom. The van der Waals surface area contributed by atoms with Crippen LogP contribution < -0.4 is 5.73 Å². The molecule has 1 saturated carbocycles. The highest BCUT2D eigenvalue weighted by atomic mass is 32.2. The Labute approximate surface area is 115 Å². The van der Waals surface area contributed by atoms with Gasteiger partial charge in [0.15, 0.2) is 0 Å². The zero-order chi connectivity index (χ0) is 13.3. The van der Waals surface area contributed by atoms with Crippen molar-refractivity contribution in [3.63, 3.8) is 0 Å². The van der Waals surface area contributed by atoms with E-state index in [2.05, 4.69) is 25.7 Å². The third-order valence-electron chi connectivity index (χ3n) is 5.12. The van der Waals surface area contributed by atoms with Crippen molar-refractivity contribution in [3.8, 4) is 0 Å². The molecule has 1 aliphatic carbocycles. The number of thioether (sulfide) groups is 1. The second-order valence-electron chi connectivity index (χ2n) is 6.34. The summed E-state index contributed by atoms with van der Waals surface area (Å²) >= 11 is 1.95. The zero-order valence-electron chi connectivity index (χ0n) is 11.8. The van der Waals surface area contributed by atoms with Gasteiger partial charge in [-0.25, -0.2) is 0 Å². The fraction of sp³-hybridized carbons (Fsp3) is 0.929. The highest BCUT2D eigenvalue weighted by Gasteiger charge is 2.46. The quantitative estimate of drug-likeness (QED) is 0.792. The summed E-state index contributed by atoms with van der Waals surface area (Å²) in [5, 5.41) is 0. The van der Waals surface area contributed by atoms with E-state index in [1.54, 1.807) is 0 Å². The topological polar surface area (TPSA) is 46.3 Å². The van der Waals surface area contributed by atoms with Crippen LogP contribution in [0.1, 0.15) is 33.6 Å². The summed E-state index contributed by atoms with van der Waals surface area (Å²) in [6, 6.07) is 0.251. The molecule has 0 aromatic rings. The minimum Gasteiger partial charge on any atom is -0.341 e. The number of amides is 1. The van der Waals surface area contributed by atoms with Crippen LogP contribution in [0.5, 0.6) is 0 Å². The number of rotatable bonds is 1. The molecule has 104 valence electrons. The second kappa shape index (κ2) is 5.41. The van der Waals surface area contributed by atoms with Crippen molar-refractivity contribution in [2.45, 2.75) is 39.7 Å². The largest absolute Gasteiger partial charge is 0.341 e. The van der Waals surface area contributed by atoms with Crippen molar-refractivity contribution in [1.82, 2.24) is 4.90 Å². The summed E-state index contributed by atoms with van der Waals surface area (Å²) in [4.78, 5) is 14.8. The molecule has 1 aliphatic heterocycles. The number of nitrogens with two attached hydrogens (primary N) is 1. The van der Waals surface area contributed by atoms with Crippen molar-refractivity contribution in [1.29, 1.82) is 0 Å². The molecule has 2 N–H and O–H groups in total. The molecule has 0 bridgehead atoms. The molecule has 1 amide bonds. The van der Waals surface area contributed by atoms with E-state index in [0.29, 0.717) is 11.8 Å². The Kier molecular flexibility index (Phi) is 4.27. The first-order chi connectivity index (χ1) is 8.44. The Balaban J connectivity index is 2.09. The van der Waals surface area contributed by atoms with E-state index in [9.17, 15) is 4.79 Å². The SMILES string of the molecule is CC1C(N)CCC(C(=O)N2CCSCC2)C1(C)C. The van der Waals surface area contributed by atoms with Gasteiger partial charge in [0.2, 0.25) is 5.91 Å². The van der Waals surface area contributed by atoms with Gasteiger partial charge in [-0.2, -0.15) is 11.8 Å². The molecule has 2 rings (SSSR count). The lowest BCUT2D eigenvalue weighted by Gasteiger charge is -2.47. The van der Waals surface area contributed by atoms with Crippen LogP contribution in [-0.4, -0.2) is 41.4 Å². The smallest absolute Gasteiger partial charge is 0.226 e. The van der Waals surface area contributed by atoms with Crippen molar-refractivity contribution in [2.75, 3.05) is 24.6 Å². The molecule has 0 aromatic heterocycles. The standard InChI is InChI=1S/C14H26N2OS/c1-10-12(15)5-4-11(14(10,2)3)13(17)16-6-8-18-9-7-16/h10-12H,4-9,15H2,1-3H3. The van der Waals surface area contributed by atoms with E-state index in [0.717, 1.165) is 37.4 Å². The number of carbonyl (C=O) groups is 1. The summed E-state index contributed by atoms with van der Waals surface area (Å²) in [7, 11) is 0. The third-order valence-corrected chi connectivity index (χ3v) is 6.07. The summed E-state index contributed by atoms with van der Waals surface area (Å²) in [5.41, 5.74) is 6.19. The maximum absolute atomic E-state index is 12.7. The van der Waals surface area contributed by atoms with E-state index in [1.807, 2.05) is 11.8 Å². The molecule has 18 heavy (non-hydrogen) atoms. The summed E-state index contributed by atoms with van der Waals surface area (Å²) in [5.74, 6) is 3.14. The number of hydrogen-bond acceptors (Lipinski definition) is 3. The molecular formula is C14H26N2OS. The van der Waals surface area contributed by atoms with Crippen LogP contribution in [0.15, 0.2) is 0 Å². The van der Waals surface area contributed by atoms with Crippen molar-refractivity contribution < 1.29 is 4.79 Å². The average molecular weight is 270 g/mol. The molecule has 1 saturated heterocycles. The van der Waals surface area contributed by atoms with Gasteiger partial charge in [-0.05, 0) is 24.2 Å². The Hall–Kier alpha value is -0.220.